The molecule has 146 valence electrons. The molecule has 0 spiro atoms. The average Bonchev–Trinajstić information content (AvgIpc) is 3.15. The fourth-order valence-electron chi connectivity index (χ4n) is 2.87. The molecule has 2 heterocycles. The van der Waals surface area contributed by atoms with Crippen LogP contribution in [-0.4, -0.2) is 28.4 Å². The number of benzene rings is 2. The number of nitrogens with one attached hydrogen (secondary N) is 2. The molecule has 4 aromatic rings. The summed E-state index contributed by atoms with van der Waals surface area (Å²) in [5, 5.41) is 3.27. The summed E-state index contributed by atoms with van der Waals surface area (Å²) in [7, 11) is 1.64. The number of aromatic amines is 1. The van der Waals surface area contributed by atoms with Crippen molar-refractivity contribution >= 4 is 50.8 Å². The number of amides is 1. The smallest absolute Gasteiger partial charge is 0.215 e. The van der Waals surface area contributed by atoms with Gasteiger partial charge in [0.2, 0.25) is 12.4 Å². The maximum Gasteiger partial charge on any atom is 0.215 e. The van der Waals surface area contributed by atoms with E-state index in [1.54, 1.807) is 25.4 Å². The largest absolute Gasteiger partial charge is 0.457 e. The van der Waals surface area contributed by atoms with Crippen LogP contribution in [0.15, 0.2) is 59.2 Å². The van der Waals surface area contributed by atoms with Crippen molar-refractivity contribution in [2.75, 3.05) is 17.3 Å². The molecule has 0 aliphatic heterocycles. The lowest BCUT2D eigenvalue weighted by Gasteiger charge is -2.12. The molecule has 1 amide bonds. The van der Waals surface area contributed by atoms with Gasteiger partial charge in [-0.15, -0.1) is 0 Å². The predicted molar refractivity (Wildman–Crippen MR) is 117 cm³/mol. The summed E-state index contributed by atoms with van der Waals surface area (Å²) < 4.78 is 7.05. The molecule has 2 N–H and O–H groups in total. The number of hydrogen-bond acceptors (Lipinski definition) is 5. The van der Waals surface area contributed by atoms with Crippen molar-refractivity contribution in [3.05, 3.63) is 64.8 Å². The lowest BCUT2D eigenvalue weighted by molar-refractivity contribution is -0.107. The maximum absolute atomic E-state index is 11.0. The zero-order chi connectivity index (χ0) is 20.4. The van der Waals surface area contributed by atoms with Gasteiger partial charge in [0.1, 0.15) is 17.3 Å². The second-order valence-corrected chi connectivity index (χ2v) is 7.39. The highest BCUT2D eigenvalue weighted by Crippen LogP contribution is 2.32. The van der Waals surface area contributed by atoms with Gasteiger partial charge < -0.3 is 19.9 Å². The van der Waals surface area contributed by atoms with E-state index in [0.717, 1.165) is 26.8 Å². The second-order valence-electron chi connectivity index (χ2n) is 6.47. The van der Waals surface area contributed by atoms with Gasteiger partial charge in [-0.25, -0.2) is 9.97 Å². The Bertz CT molecular complexity index is 1170. The lowest BCUT2D eigenvalue weighted by Crippen LogP contribution is -2.14. The number of fused-ring (bicyclic) bond motifs is 1. The first kappa shape index (κ1) is 18.9. The first-order valence-corrected chi connectivity index (χ1v) is 9.67. The Morgan fingerprint density at radius 2 is 1.97 bits per heavy atom. The molecule has 4 rings (SSSR count). The second kappa shape index (κ2) is 7.92. The van der Waals surface area contributed by atoms with Crippen molar-refractivity contribution in [2.45, 2.75) is 6.92 Å². The van der Waals surface area contributed by atoms with Gasteiger partial charge in [0.15, 0.2) is 0 Å². The number of carbonyl (C=O) groups is 1. The Morgan fingerprint density at radius 1 is 1.17 bits per heavy atom. The molecule has 7 nitrogen and oxygen atoms in total. The van der Waals surface area contributed by atoms with Crippen molar-refractivity contribution in [2.24, 2.45) is 0 Å². The Morgan fingerprint density at radius 3 is 2.72 bits per heavy atom. The SMILES string of the molecule is Cc1c(Oc2ccnc(N(C)C=O)c2)ccc2[nH]c(Nc3ccc(Br)cc3)nc12. The van der Waals surface area contributed by atoms with Gasteiger partial charge in [-0.1, -0.05) is 15.9 Å². The molecule has 2 aromatic carbocycles. The fraction of sp³-hybridized carbons (Fsp3) is 0.0952. The molecule has 2 aromatic heterocycles. The number of imidazole rings is 1. The first-order valence-electron chi connectivity index (χ1n) is 8.87. The van der Waals surface area contributed by atoms with Crippen LogP contribution in [0.4, 0.5) is 17.5 Å². The van der Waals surface area contributed by atoms with Crippen molar-refractivity contribution < 1.29 is 9.53 Å². The predicted octanol–water partition coefficient (Wildman–Crippen LogP) is 5.16. The van der Waals surface area contributed by atoms with E-state index in [-0.39, 0.29) is 0 Å². The Kier molecular flexibility index (Phi) is 5.18. The van der Waals surface area contributed by atoms with Gasteiger partial charge >= 0.3 is 0 Å². The van der Waals surface area contributed by atoms with Crippen LogP contribution in [0.5, 0.6) is 11.5 Å². The highest BCUT2D eigenvalue weighted by atomic mass is 79.9. The molecular formula is C21H18BrN5O2. The summed E-state index contributed by atoms with van der Waals surface area (Å²) in [5.41, 5.74) is 3.57. The average molecular weight is 452 g/mol. The van der Waals surface area contributed by atoms with E-state index in [9.17, 15) is 4.79 Å². The van der Waals surface area contributed by atoms with Gasteiger partial charge in [-0.05, 0) is 49.4 Å². The molecule has 0 unspecified atom stereocenters. The normalized spacial score (nSPS) is 10.7. The van der Waals surface area contributed by atoms with E-state index in [1.807, 2.05) is 43.3 Å². The number of nitrogens with zero attached hydrogens (tertiary/aromatic N) is 3. The minimum absolute atomic E-state index is 0.511. The quantitative estimate of drug-likeness (QED) is 0.395. The fourth-order valence-corrected chi connectivity index (χ4v) is 3.14. The van der Waals surface area contributed by atoms with E-state index in [4.69, 9.17) is 4.74 Å². The number of pyridine rings is 1. The first-order chi connectivity index (χ1) is 14.0. The van der Waals surface area contributed by atoms with Crippen molar-refractivity contribution in [3.63, 3.8) is 0 Å². The molecule has 29 heavy (non-hydrogen) atoms. The molecule has 0 radical (unpaired) electrons. The molecule has 0 aliphatic carbocycles. The number of halogens is 1. The number of hydrogen-bond donors (Lipinski definition) is 2. The molecular weight excluding hydrogens is 434 g/mol. The third-order valence-corrected chi connectivity index (χ3v) is 4.96. The Labute approximate surface area is 175 Å². The van der Waals surface area contributed by atoms with Crippen LogP contribution in [0.2, 0.25) is 0 Å². The van der Waals surface area contributed by atoms with Crippen LogP contribution in [-0.2, 0) is 4.79 Å². The van der Waals surface area contributed by atoms with E-state index in [2.05, 4.69) is 36.2 Å². The summed E-state index contributed by atoms with van der Waals surface area (Å²) >= 11 is 3.43. The van der Waals surface area contributed by atoms with E-state index in [0.29, 0.717) is 29.7 Å². The topological polar surface area (TPSA) is 83.1 Å². The van der Waals surface area contributed by atoms with Crippen molar-refractivity contribution in [1.29, 1.82) is 0 Å². The summed E-state index contributed by atoms with van der Waals surface area (Å²) in [4.78, 5) is 24.4. The Hall–Kier alpha value is -3.39. The highest BCUT2D eigenvalue weighted by Gasteiger charge is 2.12. The zero-order valence-corrected chi connectivity index (χ0v) is 17.4. The lowest BCUT2D eigenvalue weighted by atomic mass is 10.2. The van der Waals surface area contributed by atoms with Gasteiger partial charge in [0.05, 0.1) is 11.0 Å². The monoisotopic (exact) mass is 451 g/mol. The minimum atomic E-state index is 0.511. The summed E-state index contributed by atoms with van der Waals surface area (Å²) in [6, 6.07) is 15.1. The number of H-pyrrole nitrogens is 1. The molecule has 0 saturated heterocycles. The van der Waals surface area contributed by atoms with Gasteiger partial charge in [-0.2, -0.15) is 0 Å². The van der Waals surface area contributed by atoms with Crippen molar-refractivity contribution in [3.8, 4) is 11.5 Å². The van der Waals surface area contributed by atoms with Gasteiger partial charge in [0, 0.05) is 35.0 Å². The van der Waals surface area contributed by atoms with Crippen LogP contribution in [0, 0.1) is 6.92 Å². The van der Waals surface area contributed by atoms with Gasteiger partial charge in [0.25, 0.3) is 0 Å². The van der Waals surface area contributed by atoms with Crippen LogP contribution >= 0.6 is 15.9 Å². The molecule has 0 bridgehead atoms. The minimum Gasteiger partial charge on any atom is -0.457 e. The van der Waals surface area contributed by atoms with Gasteiger partial charge in [-0.3, -0.25) is 4.79 Å². The third kappa shape index (κ3) is 4.07. The van der Waals surface area contributed by atoms with Crippen LogP contribution in [0.1, 0.15) is 5.56 Å². The standard InChI is InChI=1S/C21H18BrN5O2/c1-13-18(29-16-9-10-23-19(11-16)27(2)12-28)8-7-17-20(13)26-21(25-17)24-15-5-3-14(22)4-6-15/h3-12H,1-2H3,(H2,24,25,26). The van der Waals surface area contributed by atoms with E-state index in [1.165, 1.54) is 4.90 Å². The number of aryl methyl sites for hydroxylation is 1. The van der Waals surface area contributed by atoms with E-state index >= 15 is 0 Å². The molecule has 0 fully saturated rings. The maximum atomic E-state index is 11.0. The van der Waals surface area contributed by atoms with Crippen molar-refractivity contribution in [1.82, 2.24) is 15.0 Å². The summed E-state index contributed by atoms with van der Waals surface area (Å²) in [6.07, 6.45) is 2.31. The third-order valence-electron chi connectivity index (χ3n) is 4.43. The number of ether oxygens (including phenoxy) is 1. The van der Waals surface area contributed by atoms with Crippen LogP contribution < -0.4 is 15.0 Å². The number of rotatable bonds is 6. The summed E-state index contributed by atoms with van der Waals surface area (Å²) in [6.45, 7) is 1.96. The number of anilines is 3. The molecule has 0 atom stereocenters. The van der Waals surface area contributed by atoms with E-state index < -0.39 is 0 Å². The highest BCUT2D eigenvalue weighted by molar-refractivity contribution is 9.10. The molecule has 8 heteroatoms. The zero-order valence-electron chi connectivity index (χ0n) is 15.8. The van der Waals surface area contributed by atoms with Crippen LogP contribution in [0.3, 0.4) is 0 Å². The van der Waals surface area contributed by atoms with Crippen LogP contribution in [0.25, 0.3) is 11.0 Å². The number of aromatic nitrogens is 3. The number of carbonyl (C=O) groups excluding carboxylic acids is 1. The molecule has 0 saturated carbocycles. The Balaban J connectivity index is 1.61. The summed E-state index contributed by atoms with van der Waals surface area (Å²) in [5.74, 6) is 2.44. The molecule has 0 aliphatic rings.